The van der Waals surface area contributed by atoms with Gasteiger partial charge in [0.15, 0.2) is 0 Å². The number of carboxylic acid groups (broad SMARTS) is 1. The highest BCUT2D eigenvalue weighted by atomic mass is 32.2. The minimum atomic E-state index is -0.666. The lowest BCUT2D eigenvalue weighted by molar-refractivity contribution is -0.137. The average molecular weight is 231 g/mol. The van der Waals surface area contributed by atoms with Crippen LogP contribution in [0, 0.1) is 0 Å². The Morgan fingerprint density at radius 2 is 2.07 bits per heavy atom. The van der Waals surface area contributed by atoms with Crippen molar-refractivity contribution >= 4 is 17.7 Å². The van der Waals surface area contributed by atoms with Crippen LogP contribution in [0.25, 0.3) is 0 Å². The van der Waals surface area contributed by atoms with Gasteiger partial charge in [-0.3, -0.25) is 4.79 Å². The smallest absolute Gasteiger partial charge is 0.303 e. The molecule has 15 heavy (non-hydrogen) atoms. The lowest BCUT2D eigenvalue weighted by Gasteiger charge is -2.18. The topological polar surface area (TPSA) is 40.5 Å². The van der Waals surface area contributed by atoms with Gasteiger partial charge in [-0.1, -0.05) is 6.42 Å². The molecule has 0 amide bonds. The summed E-state index contributed by atoms with van der Waals surface area (Å²) in [5.41, 5.74) is 0. The van der Waals surface area contributed by atoms with Crippen LogP contribution in [0.2, 0.25) is 0 Å². The summed E-state index contributed by atoms with van der Waals surface area (Å²) in [6.07, 6.45) is 4.67. The maximum absolute atomic E-state index is 10.3. The summed E-state index contributed by atoms with van der Waals surface area (Å²) in [4.78, 5) is 12.8. The molecule has 88 valence electrons. The Bertz CT molecular complexity index is 179. The highest BCUT2D eigenvalue weighted by Crippen LogP contribution is 2.11. The van der Waals surface area contributed by atoms with Gasteiger partial charge in [0.25, 0.3) is 0 Å². The number of thioether (sulfide) groups is 1. The van der Waals surface area contributed by atoms with E-state index in [1.807, 2.05) is 11.8 Å². The van der Waals surface area contributed by atoms with Crippen molar-refractivity contribution in [2.45, 2.75) is 32.1 Å². The van der Waals surface area contributed by atoms with Gasteiger partial charge in [-0.2, -0.15) is 11.8 Å². The first-order chi connectivity index (χ1) is 7.29. The number of unbranched alkanes of at least 4 members (excludes halogenated alkanes) is 2. The third-order valence-corrected chi connectivity index (χ3v) is 3.73. The zero-order valence-electron chi connectivity index (χ0n) is 9.28. The van der Waals surface area contributed by atoms with Crippen LogP contribution >= 0.6 is 11.8 Å². The zero-order valence-corrected chi connectivity index (χ0v) is 10.1. The molecule has 0 saturated carbocycles. The van der Waals surface area contributed by atoms with Crippen LogP contribution in [0.1, 0.15) is 32.1 Å². The first-order valence-electron chi connectivity index (χ1n) is 5.81. The first-order valence-corrected chi connectivity index (χ1v) is 6.96. The van der Waals surface area contributed by atoms with E-state index in [1.54, 1.807) is 0 Å². The van der Waals surface area contributed by atoms with Crippen LogP contribution in [0.5, 0.6) is 0 Å². The third-order valence-electron chi connectivity index (χ3n) is 2.68. The van der Waals surface area contributed by atoms with Gasteiger partial charge < -0.3 is 10.0 Å². The van der Waals surface area contributed by atoms with Gasteiger partial charge in [-0.05, 0) is 38.1 Å². The summed E-state index contributed by atoms with van der Waals surface area (Å²) in [6.45, 7) is 3.59. The molecule has 0 aromatic carbocycles. The van der Waals surface area contributed by atoms with E-state index in [4.69, 9.17) is 5.11 Å². The molecule has 1 heterocycles. The molecule has 0 unspecified atom stereocenters. The fourth-order valence-corrected chi connectivity index (χ4v) is 2.73. The minimum Gasteiger partial charge on any atom is -0.481 e. The highest BCUT2D eigenvalue weighted by Gasteiger charge is 2.08. The molecule has 4 heteroatoms. The Hall–Kier alpha value is -0.220. The van der Waals surface area contributed by atoms with Crippen LogP contribution < -0.4 is 0 Å². The third kappa shape index (κ3) is 6.79. The second-order valence-electron chi connectivity index (χ2n) is 4.01. The van der Waals surface area contributed by atoms with Crippen LogP contribution in [-0.4, -0.2) is 47.1 Å². The number of hydrogen-bond acceptors (Lipinski definition) is 3. The van der Waals surface area contributed by atoms with Gasteiger partial charge in [0.2, 0.25) is 0 Å². The molecule has 0 aromatic heterocycles. The standard InChI is InChI=1S/C11H21NO2S/c13-11(14)5-2-1-3-6-12-7-4-9-15-10-8-12/h1-10H2,(H,13,14). The molecule has 0 radical (unpaired) electrons. The molecular weight excluding hydrogens is 210 g/mol. The van der Waals surface area contributed by atoms with Crippen LogP contribution in [0.3, 0.4) is 0 Å². The van der Waals surface area contributed by atoms with E-state index < -0.39 is 5.97 Å². The normalized spacial score (nSPS) is 18.7. The molecule has 1 fully saturated rings. The number of carboxylic acids is 1. The fraction of sp³-hybridized carbons (Fsp3) is 0.909. The second-order valence-corrected chi connectivity index (χ2v) is 5.24. The van der Waals surface area contributed by atoms with E-state index in [1.165, 1.54) is 31.0 Å². The molecule has 1 aliphatic heterocycles. The van der Waals surface area contributed by atoms with Crippen molar-refractivity contribution in [3.63, 3.8) is 0 Å². The summed E-state index contributed by atoms with van der Waals surface area (Å²) in [5, 5.41) is 8.49. The number of aliphatic carboxylic acids is 1. The van der Waals surface area contributed by atoms with Gasteiger partial charge in [0, 0.05) is 18.7 Å². The van der Waals surface area contributed by atoms with Crippen molar-refractivity contribution in [1.82, 2.24) is 4.90 Å². The number of nitrogens with zero attached hydrogens (tertiary/aromatic N) is 1. The predicted octanol–water partition coefficient (Wildman–Crippen LogP) is 2.07. The average Bonchev–Trinajstić information content (AvgIpc) is 2.45. The van der Waals surface area contributed by atoms with Gasteiger partial charge in [-0.15, -0.1) is 0 Å². The maximum atomic E-state index is 10.3. The molecule has 0 aromatic rings. The molecule has 0 aliphatic carbocycles. The van der Waals surface area contributed by atoms with Crippen molar-refractivity contribution in [1.29, 1.82) is 0 Å². The summed E-state index contributed by atoms with van der Waals surface area (Å²) in [6, 6.07) is 0. The lowest BCUT2D eigenvalue weighted by Crippen LogP contribution is -2.27. The SMILES string of the molecule is O=C(O)CCCCCN1CCCSCC1. The summed E-state index contributed by atoms with van der Waals surface area (Å²) in [7, 11) is 0. The molecule has 1 aliphatic rings. The Morgan fingerprint density at radius 1 is 1.20 bits per heavy atom. The Labute approximate surface area is 96.2 Å². The summed E-state index contributed by atoms with van der Waals surface area (Å²) >= 11 is 2.05. The van der Waals surface area contributed by atoms with Crippen molar-refractivity contribution in [3.05, 3.63) is 0 Å². The van der Waals surface area contributed by atoms with Gasteiger partial charge in [0.05, 0.1) is 0 Å². The van der Waals surface area contributed by atoms with Crippen molar-refractivity contribution < 1.29 is 9.90 Å². The van der Waals surface area contributed by atoms with Crippen molar-refractivity contribution in [2.24, 2.45) is 0 Å². The number of carbonyl (C=O) groups is 1. The van der Waals surface area contributed by atoms with Gasteiger partial charge in [0.1, 0.15) is 0 Å². The van der Waals surface area contributed by atoms with E-state index >= 15 is 0 Å². The molecular formula is C11H21NO2S. The van der Waals surface area contributed by atoms with E-state index in [9.17, 15) is 4.79 Å². The molecule has 1 saturated heterocycles. The minimum absolute atomic E-state index is 0.329. The molecule has 0 atom stereocenters. The lowest BCUT2D eigenvalue weighted by atomic mass is 10.2. The first kappa shape index (κ1) is 12.8. The van der Waals surface area contributed by atoms with Gasteiger partial charge in [-0.25, -0.2) is 0 Å². The fourth-order valence-electron chi connectivity index (χ4n) is 1.81. The monoisotopic (exact) mass is 231 g/mol. The van der Waals surface area contributed by atoms with Gasteiger partial charge >= 0.3 is 5.97 Å². The van der Waals surface area contributed by atoms with Crippen molar-refractivity contribution in [3.8, 4) is 0 Å². The molecule has 3 nitrogen and oxygen atoms in total. The highest BCUT2D eigenvalue weighted by molar-refractivity contribution is 7.99. The van der Waals surface area contributed by atoms with Crippen LogP contribution in [0.4, 0.5) is 0 Å². The summed E-state index contributed by atoms with van der Waals surface area (Å²) in [5.74, 6) is 1.89. The van der Waals surface area contributed by atoms with E-state index in [-0.39, 0.29) is 0 Å². The van der Waals surface area contributed by atoms with E-state index in [0.29, 0.717) is 6.42 Å². The van der Waals surface area contributed by atoms with Crippen molar-refractivity contribution in [2.75, 3.05) is 31.1 Å². The number of hydrogen-bond donors (Lipinski definition) is 1. The number of rotatable bonds is 6. The maximum Gasteiger partial charge on any atom is 0.303 e. The molecule has 0 spiro atoms. The van der Waals surface area contributed by atoms with Crippen LogP contribution in [-0.2, 0) is 4.79 Å². The van der Waals surface area contributed by atoms with E-state index in [2.05, 4.69) is 4.90 Å². The van der Waals surface area contributed by atoms with Crippen LogP contribution in [0.15, 0.2) is 0 Å². The Morgan fingerprint density at radius 3 is 2.87 bits per heavy atom. The molecule has 1 rings (SSSR count). The predicted molar refractivity (Wildman–Crippen MR) is 64.5 cm³/mol. The molecule has 1 N–H and O–H groups in total. The quantitative estimate of drug-likeness (QED) is 0.710. The Balaban J connectivity index is 1.96. The molecule has 0 bridgehead atoms. The van der Waals surface area contributed by atoms with E-state index in [0.717, 1.165) is 25.8 Å². The Kier molecular flexibility index (Phi) is 6.85. The second kappa shape index (κ2) is 7.99. The summed E-state index contributed by atoms with van der Waals surface area (Å²) < 4.78 is 0. The zero-order chi connectivity index (χ0) is 10.9. The largest absolute Gasteiger partial charge is 0.481 e.